The molecule has 1 aliphatic carbocycles. The molecule has 0 aromatic heterocycles. The third-order valence-electron chi connectivity index (χ3n) is 3.51. The second kappa shape index (κ2) is 5.26. The molecule has 19 heavy (non-hydrogen) atoms. The summed E-state index contributed by atoms with van der Waals surface area (Å²) in [5, 5.41) is 11.1. The Balaban J connectivity index is 2.45. The highest BCUT2D eigenvalue weighted by molar-refractivity contribution is 5.74. The van der Waals surface area contributed by atoms with Gasteiger partial charge in [0.15, 0.2) is 0 Å². The van der Waals surface area contributed by atoms with Gasteiger partial charge in [0.05, 0.1) is 25.1 Å². The Morgan fingerprint density at radius 2 is 2.11 bits per heavy atom. The van der Waals surface area contributed by atoms with E-state index in [0.29, 0.717) is 30.6 Å². The predicted molar refractivity (Wildman–Crippen MR) is 67.2 cm³/mol. The molecular formula is C13H15NO5. The van der Waals surface area contributed by atoms with Gasteiger partial charge < -0.3 is 9.47 Å². The fourth-order valence-electron chi connectivity index (χ4n) is 2.56. The van der Waals surface area contributed by atoms with Crippen molar-refractivity contribution in [3.63, 3.8) is 0 Å². The summed E-state index contributed by atoms with van der Waals surface area (Å²) < 4.78 is 9.95. The minimum Gasteiger partial charge on any atom is -0.496 e. The van der Waals surface area contributed by atoms with Crippen molar-refractivity contribution in [1.82, 2.24) is 0 Å². The van der Waals surface area contributed by atoms with Gasteiger partial charge in [0, 0.05) is 17.2 Å². The lowest BCUT2D eigenvalue weighted by Crippen LogP contribution is -2.24. The summed E-state index contributed by atoms with van der Waals surface area (Å²) in [6, 6.07) is 3.03. The second-order valence-electron chi connectivity index (χ2n) is 4.46. The molecule has 0 N–H and O–H groups in total. The minimum atomic E-state index is -0.419. The highest BCUT2D eigenvalue weighted by Gasteiger charge is 2.32. The van der Waals surface area contributed by atoms with Gasteiger partial charge in [0.2, 0.25) is 0 Å². The second-order valence-corrected chi connectivity index (χ2v) is 4.46. The lowest BCUT2D eigenvalue weighted by molar-refractivity contribution is -0.385. The summed E-state index contributed by atoms with van der Waals surface area (Å²) in [7, 11) is 2.87. The van der Waals surface area contributed by atoms with Crippen LogP contribution in [0.15, 0.2) is 12.1 Å². The molecule has 0 amide bonds. The maximum Gasteiger partial charge on any atom is 0.309 e. The van der Waals surface area contributed by atoms with Crippen LogP contribution in [0.25, 0.3) is 0 Å². The zero-order valence-corrected chi connectivity index (χ0v) is 10.8. The van der Waals surface area contributed by atoms with Crippen LogP contribution in [-0.2, 0) is 22.4 Å². The molecule has 0 aliphatic heterocycles. The number of benzene rings is 1. The zero-order valence-electron chi connectivity index (χ0n) is 10.8. The van der Waals surface area contributed by atoms with E-state index in [1.165, 1.54) is 20.3 Å². The monoisotopic (exact) mass is 265 g/mol. The van der Waals surface area contributed by atoms with Crippen molar-refractivity contribution < 1.29 is 19.2 Å². The molecule has 0 fully saturated rings. The Kier molecular flexibility index (Phi) is 3.69. The summed E-state index contributed by atoms with van der Waals surface area (Å²) in [4.78, 5) is 22.2. The number of esters is 1. The number of rotatable bonds is 3. The lowest BCUT2D eigenvalue weighted by Gasteiger charge is -2.23. The van der Waals surface area contributed by atoms with Crippen molar-refractivity contribution in [2.45, 2.75) is 19.3 Å². The lowest BCUT2D eigenvalue weighted by atomic mass is 9.82. The van der Waals surface area contributed by atoms with Gasteiger partial charge in [-0.05, 0) is 25.3 Å². The molecule has 0 spiro atoms. The van der Waals surface area contributed by atoms with E-state index in [0.717, 1.165) is 5.56 Å². The van der Waals surface area contributed by atoms with E-state index in [2.05, 4.69) is 0 Å². The highest BCUT2D eigenvalue weighted by Crippen LogP contribution is 2.37. The number of carbonyl (C=O) groups is 1. The Labute approximate surface area is 110 Å². The number of nitrogens with zero attached hydrogens (tertiary/aromatic N) is 1. The number of methoxy groups -OCH3 is 2. The van der Waals surface area contributed by atoms with Crippen LogP contribution in [0.1, 0.15) is 17.5 Å². The van der Waals surface area contributed by atoms with Crippen LogP contribution in [0.5, 0.6) is 5.75 Å². The first-order valence-corrected chi connectivity index (χ1v) is 5.99. The first kappa shape index (κ1) is 13.3. The van der Waals surface area contributed by atoms with Gasteiger partial charge in [-0.2, -0.15) is 0 Å². The Bertz CT molecular complexity index is 526. The first-order valence-electron chi connectivity index (χ1n) is 5.99. The van der Waals surface area contributed by atoms with Gasteiger partial charge in [-0.1, -0.05) is 0 Å². The van der Waals surface area contributed by atoms with Gasteiger partial charge in [0.1, 0.15) is 5.75 Å². The Hall–Kier alpha value is -2.11. The van der Waals surface area contributed by atoms with Crippen LogP contribution in [0.3, 0.4) is 0 Å². The SMILES string of the molecule is COC(=O)C1CCc2c(OC)ccc([N+](=O)[O-])c2C1. The number of carbonyl (C=O) groups excluding carboxylic acids is 1. The summed E-state index contributed by atoms with van der Waals surface area (Å²) >= 11 is 0. The average Bonchev–Trinajstić information content (AvgIpc) is 2.44. The summed E-state index contributed by atoms with van der Waals surface area (Å²) in [5.74, 6) is 0.00925. The largest absolute Gasteiger partial charge is 0.496 e. The van der Waals surface area contributed by atoms with Gasteiger partial charge >= 0.3 is 5.97 Å². The zero-order chi connectivity index (χ0) is 14.0. The summed E-state index contributed by atoms with van der Waals surface area (Å²) in [5.41, 5.74) is 1.47. The summed E-state index contributed by atoms with van der Waals surface area (Å²) in [6.07, 6.45) is 1.53. The number of hydrogen-bond acceptors (Lipinski definition) is 5. The van der Waals surface area contributed by atoms with Crippen LogP contribution in [0.4, 0.5) is 5.69 Å². The molecule has 1 aromatic carbocycles. The van der Waals surface area contributed by atoms with Gasteiger partial charge in [-0.25, -0.2) is 0 Å². The molecule has 1 aliphatic rings. The molecule has 1 aromatic rings. The minimum absolute atomic E-state index is 0.0457. The number of ether oxygens (including phenoxy) is 2. The van der Waals surface area contributed by atoms with Gasteiger partial charge in [0.25, 0.3) is 5.69 Å². The normalized spacial score (nSPS) is 17.5. The van der Waals surface area contributed by atoms with Crippen LogP contribution in [0, 0.1) is 16.0 Å². The Morgan fingerprint density at radius 3 is 2.68 bits per heavy atom. The number of nitro groups is 1. The number of fused-ring (bicyclic) bond motifs is 1. The molecule has 1 atom stereocenters. The molecule has 6 nitrogen and oxygen atoms in total. The van der Waals surface area contributed by atoms with Crippen molar-refractivity contribution in [3.8, 4) is 5.75 Å². The van der Waals surface area contributed by atoms with E-state index >= 15 is 0 Å². The highest BCUT2D eigenvalue weighted by atomic mass is 16.6. The number of nitro benzene ring substituents is 1. The molecule has 1 unspecified atom stereocenters. The topological polar surface area (TPSA) is 78.7 Å². The molecule has 6 heteroatoms. The number of hydrogen-bond donors (Lipinski definition) is 0. The predicted octanol–water partition coefficient (Wildman–Crippen LogP) is 1.88. The maximum atomic E-state index is 11.6. The maximum absolute atomic E-state index is 11.6. The van der Waals surface area contributed by atoms with Crippen molar-refractivity contribution >= 4 is 11.7 Å². The quantitative estimate of drug-likeness (QED) is 0.473. The van der Waals surface area contributed by atoms with Crippen LogP contribution in [0.2, 0.25) is 0 Å². The third kappa shape index (κ3) is 2.38. The van der Waals surface area contributed by atoms with Gasteiger partial charge in [-0.3, -0.25) is 14.9 Å². The van der Waals surface area contributed by atoms with E-state index < -0.39 is 4.92 Å². The van der Waals surface area contributed by atoms with Crippen molar-refractivity contribution in [2.24, 2.45) is 5.92 Å². The molecule has 0 radical (unpaired) electrons. The molecule has 0 heterocycles. The van der Waals surface area contributed by atoms with E-state index in [4.69, 9.17) is 9.47 Å². The third-order valence-corrected chi connectivity index (χ3v) is 3.51. The van der Waals surface area contributed by atoms with E-state index in [1.54, 1.807) is 6.07 Å². The molecule has 2 rings (SSSR count). The van der Waals surface area contributed by atoms with Crippen molar-refractivity contribution in [1.29, 1.82) is 0 Å². The fourth-order valence-corrected chi connectivity index (χ4v) is 2.56. The van der Waals surface area contributed by atoms with Crippen molar-refractivity contribution in [3.05, 3.63) is 33.4 Å². The standard InChI is InChI=1S/C13H15NO5/c1-18-12-6-5-11(14(16)17)10-7-8(13(15)19-2)3-4-9(10)12/h5-6,8H,3-4,7H2,1-2H3. The summed E-state index contributed by atoms with van der Waals surface area (Å²) in [6.45, 7) is 0. The molecule has 0 saturated carbocycles. The van der Waals surface area contributed by atoms with E-state index in [1.807, 2.05) is 0 Å². The smallest absolute Gasteiger partial charge is 0.309 e. The van der Waals surface area contributed by atoms with E-state index in [9.17, 15) is 14.9 Å². The fraction of sp³-hybridized carbons (Fsp3) is 0.462. The molecule has 0 saturated heterocycles. The van der Waals surface area contributed by atoms with Crippen molar-refractivity contribution in [2.75, 3.05) is 14.2 Å². The van der Waals surface area contributed by atoms with Crippen LogP contribution in [-0.4, -0.2) is 25.1 Å². The molecular weight excluding hydrogens is 250 g/mol. The first-order chi connectivity index (χ1) is 9.08. The van der Waals surface area contributed by atoms with Crippen LogP contribution >= 0.6 is 0 Å². The van der Waals surface area contributed by atoms with E-state index in [-0.39, 0.29) is 17.6 Å². The molecule has 0 bridgehead atoms. The Morgan fingerprint density at radius 1 is 1.37 bits per heavy atom. The average molecular weight is 265 g/mol. The van der Waals surface area contributed by atoms with Gasteiger partial charge in [-0.15, -0.1) is 0 Å². The molecule has 102 valence electrons. The van der Waals surface area contributed by atoms with Crippen LogP contribution < -0.4 is 4.74 Å².